The Labute approximate surface area is 96.3 Å². The van der Waals surface area contributed by atoms with Crippen LogP contribution in [0.4, 0.5) is 0 Å². The van der Waals surface area contributed by atoms with Crippen molar-refractivity contribution in [2.75, 3.05) is 13.1 Å². The third kappa shape index (κ3) is 1.19. The van der Waals surface area contributed by atoms with Crippen LogP contribution in [0.25, 0.3) is 16.8 Å². The number of nitrogens with one attached hydrogen (secondary N) is 2. The zero-order chi connectivity index (χ0) is 11.2. The lowest BCUT2D eigenvalue weighted by atomic mass is 10.1. The minimum atomic E-state index is 0.423. The van der Waals surface area contributed by atoms with Crippen LogP contribution >= 0.6 is 0 Å². The molecule has 17 heavy (non-hydrogen) atoms. The van der Waals surface area contributed by atoms with Crippen molar-refractivity contribution in [2.24, 2.45) is 0 Å². The lowest BCUT2D eigenvalue weighted by molar-refractivity contribution is 0.689. The highest BCUT2D eigenvalue weighted by Crippen LogP contribution is 2.22. The fraction of sp³-hybridized carbons (Fsp3) is 0.400. The van der Waals surface area contributed by atoms with Crippen LogP contribution in [-0.2, 0) is 0 Å². The lowest BCUT2D eigenvalue weighted by Crippen LogP contribution is -2.10. The van der Waals surface area contributed by atoms with Crippen LogP contribution in [0.3, 0.4) is 0 Å². The molecule has 4 heterocycles. The first kappa shape index (κ1) is 9.06. The van der Waals surface area contributed by atoms with Crippen LogP contribution in [0.5, 0.6) is 0 Å². The normalized spacial score (nSPS) is 20.6. The standard InChI is InChI=1S/C10H11N7/c1-2-11-3-6(1)9-15-16-10-7-8(13-4-12-7)14-5-17(9)10/h4-6,11H,1-3H2,(H,12,13). The molecule has 0 aromatic carbocycles. The summed E-state index contributed by atoms with van der Waals surface area (Å²) in [5, 5.41) is 11.9. The summed E-state index contributed by atoms with van der Waals surface area (Å²) in [6, 6.07) is 0. The van der Waals surface area contributed by atoms with E-state index in [1.807, 2.05) is 4.40 Å². The molecule has 0 aliphatic carbocycles. The van der Waals surface area contributed by atoms with E-state index < -0.39 is 0 Å². The fourth-order valence-corrected chi connectivity index (χ4v) is 2.40. The summed E-state index contributed by atoms with van der Waals surface area (Å²) < 4.78 is 1.96. The van der Waals surface area contributed by atoms with Gasteiger partial charge in [0.15, 0.2) is 11.3 Å². The molecule has 1 saturated heterocycles. The van der Waals surface area contributed by atoms with E-state index in [4.69, 9.17) is 0 Å². The van der Waals surface area contributed by atoms with Gasteiger partial charge in [0, 0.05) is 12.5 Å². The summed E-state index contributed by atoms with van der Waals surface area (Å²) in [7, 11) is 0. The van der Waals surface area contributed by atoms with Gasteiger partial charge < -0.3 is 10.3 Å². The highest BCUT2D eigenvalue weighted by Gasteiger charge is 2.22. The van der Waals surface area contributed by atoms with Gasteiger partial charge in [-0.2, -0.15) is 0 Å². The van der Waals surface area contributed by atoms with E-state index in [0.717, 1.165) is 36.5 Å². The van der Waals surface area contributed by atoms with E-state index in [9.17, 15) is 0 Å². The van der Waals surface area contributed by atoms with Crippen LogP contribution in [0.15, 0.2) is 12.7 Å². The Morgan fingerprint density at radius 3 is 3.18 bits per heavy atom. The van der Waals surface area contributed by atoms with Crippen LogP contribution < -0.4 is 5.32 Å². The highest BCUT2D eigenvalue weighted by atomic mass is 15.3. The number of H-pyrrole nitrogens is 1. The number of imidazole rings is 1. The Morgan fingerprint density at radius 1 is 1.29 bits per heavy atom. The van der Waals surface area contributed by atoms with Gasteiger partial charge in [0.1, 0.15) is 17.7 Å². The van der Waals surface area contributed by atoms with Gasteiger partial charge in [-0.1, -0.05) is 0 Å². The van der Waals surface area contributed by atoms with Gasteiger partial charge in [-0.15, -0.1) is 10.2 Å². The molecule has 1 unspecified atom stereocenters. The molecule has 1 atom stereocenters. The topological polar surface area (TPSA) is 83.8 Å². The first-order valence-electron chi connectivity index (χ1n) is 5.67. The van der Waals surface area contributed by atoms with Crippen molar-refractivity contribution in [3.05, 3.63) is 18.5 Å². The molecule has 7 heteroatoms. The molecule has 0 radical (unpaired) electrons. The molecule has 3 aromatic rings. The summed E-state index contributed by atoms with van der Waals surface area (Å²) in [4.78, 5) is 11.5. The maximum atomic E-state index is 4.29. The van der Waals surface area contributed by atoms with Gasteiger partial charge in [-0.25, -0.2) is 9.97 Å². The average molecular weight is 229 g/mol. The quantitative estimate of drug-likeness (QED) is 0.617. The number of hydrogen-bond acceptors (Lipinski definition) is 5. The summed E-state index contributed by atoms with van der Waals surface area (Å²) in [6.45, 7) is 2.00. The molecule has 0 saturated carbocycles. The predicted molar refractivity (Wildman–Crippen MR) is 60.7 cm³/mol. The van der Waals surface area contributed by atoms with E-state index in [0.29, 0.717) is 11.6 Å². The summed E-state index contributed by atoms with van der Waals surface area (Å²) in [5.74, 6) is 1.40. The molecular formula is C10H11N7. The number of rotatable bonds is 1. The number of aromatic nitrogens is 6. The van der Waals surface area contributed by atoms with Crippen molar-refractivity contribution in [1.29, 1.82) is 0 Å². The number of nitrogens with zero attached hydrogens (tertiary/aromatic N) is 5. The van der Waals surface area contributed by atoms with Crippen LogP contribution in [-0.4, -0.2) is 42.6 Å². The third-order valence-electron chi connectivity index (χ3n) is 3.29. The maximum Gasteiger partial charge on any atom is 0.189 e. The molecule has 0 spiro atoms. The summed E-state index contributed by atoms with van der Waals surface area (Å²) in [5.41, 5.74) is 2.33. The third-order valence-corrected chi connectivity index (χ3v) is 3.29. The molecule has 0 amide bonds. The van der Waals surface area contributed by atoms with Crippen molar-refractivity contribution in [3.8, 4) is 0 Å². The minimum absolute atomic E-state index is 0.423. The second-order valence-electron chi connectivity index (χ2n) is 4.29. The Bertz CT molecular complexity index is 676. The number of fused-ring (bicyclic) bond motifs is 3. The first-order valence-corrected chi connectivity index (χ1v) is 5.67. The SMILES string of the molecule is c1nc2ncn3c(C4CCNC4)nnc3c2[nH]1. The van der Waals surface area contributed by atoms with Crippen molar-refractivity contribution in [2.45, 2.75) is 12.3 Å². The second-order valence-corrected chi connectivity index (χ2v) is 4.29. The maximum absolute atomic E-state index is 4.29. The van der Waals surface area contributed by atoms with Gasteiger partial charge in [-0.3, -0.25) is 4.40 Å². The van der Waals surface area contributed by atoms with Crippen molar-refractivity contribution in [1.82, 2.24) is 34.9 Å². The Kier molecular flexibility index (Phi) is 1.72. The van der Waals surface area contributed by atoms with Gasteiger partial charge in [0.05, 0.1) is 6.33 Å². The summed E-state index contributed by atoms with van der Waals surface area (Å²) >= 11 is 0. The Hall–Kier alpha value is -2.02. The fourth-order valence-electron chi connectivity index (χ4n) is 2.40. The van der Waals surface area contributed by atoms with E-state index in [-0.39, 0.29) is 0 Å². The molecule has 0 bridgehead atoms. The molecule has 1 fully saturated rings. The van der Waals surface area contributed by atoms with Crippen molar-refractivity contribution in [3.63, 3.8) is 0 Å². The molecule has 1 aliphatic rings. The Morgan fingerprint density at radius 2 is 2.29 bits per heavy atom. The molecule has 7 nitrogen and oxygen atoms in total. The largest absolute Gasteiger partial charge is 0.340 e. The second kappa shape index (κ2) is 3.24. The lowest BCUT2D eigenvalue weighted by Gasteiger charge is -2.04. The minimum Gasteiger partial charge on any atom is -0.340 e. The molecule has 86 valence electrons. The van der Waals surface area contributed by atoms with E-state index in [1.165, 1.54) is 0 Å². The van der Waals surface area contributed by atoms with Gasteiger partial charge in [0.25, 0.3) is 0 Å². The van der Waals surface area contributed by atoms with E-state index >= 15 is 0 Å². The Balaban J connectivity index is 1.99. The molecule has 4 rings (SSSR count). The molecular weight excluding hydrogens is 218 g/mol. The van der Waals surface area contributed by atoms with Crippen molar-refractivity contribution < 1.29 is 0 Å². The highest BCUT2D eigenvalue weighted by molar-refractivity contribution is 5.84. The summed E-state index contributed by atoms with van der Waals surface area (Å²) in [6.07, 6.45) is 4.48. The molecule has 1 aliphatic heterocycles. The van der Waals surface area contributed by atoms with Gasteiger partial charge in [0.2, 0.25) is 0 Å². The van der Waals surface area contributed by atoms with Gasteiger partial charge >= 0.3 is 0 Å². The predicted octanol–water partition coefficient (Wildman–Crippen LogP) is 0.0775. The first-order chi connectivity index (χ1) is 8.43. The average Bonchev–Trinajstić information content (AvgIpc) is 3.08. The van der Waals surface area contributed by atoms with E-state index in [1.54, 1.807) is 12.7 Å². The molecule has 2 N–H and O–H groups in total. The van der Waals surface area contributed by atoms with Crippen LogP contribution in [0.2, 0.25) is 0 Å². The zero-order valence-corrected chi connectivity index (χ0v) is 9.09. The van der Waals surface area contributed by atoms with Crippen molar-refractivity contribution >= 4 is 16.8 Å². The van der Waals surface area contributed by atoms with Crippen LogP contribution in [0.1, 0.15) is 18.2 Å². The molecule has 3 aromatic heterocycles. The van der Waals surface area contributed by atoms with Gasteiger partial charge in [-0.05, 0) is 13.0 Å². The van der Waals surface area contributed by atoms with E-state index in [2.05, 4.69) is 30.5 Å². The smallest absolute Gasteiger partial charge is 0.189 e. The van der Waals surface area contributed by atoms with Crippen LogP contribution in [0, 0.1) is 0 Å². The monoisotopic (exact) mass is 229 g/mol. The number of hydrogen-bond donors (Lipinski definition) is 2. The number of aromatic amines is 1. The zero-order valence-electron chi connectivity index (χ0n) is 9.09.